The molecule has 0 unspecified atom stereocenters. The second-order valence-corrected chi connectivity index (χ2v) is 6.43. The molecule has 0 aliphatic heterocycles. The summed E-state index contributed by atoms with van der Waals surface area (Å²) in [5.74, 6) is 2.79. The molecule has 4 heteroatoms. The second-order valence-electron chi connectivity index (χ2n) is 6.43. The summed E-state index contributed by atoms with van der Waals surface area (Å²) >= 11 is 0. The van der Waals surface area contributed by atoms with E-state index in [1.165, 1.54) is 37.2 Å². The van der Waals surface area contributed by atoms with E-state index in [0.29, 0.717) is 6.04 Å². The number of nitrogens with one attached hydrogen (secondary N) is 1. The highest BCUT2D eigenvalue weighted by atomic mass is 15.4. The molecule has 2 aliphatic carbocycles. The normalized spacial score (nSPS) is 29.6. The minimum absolute atomic E-state index is 0.611. The van der Waals surface area contributed by atoms with Crippen molar-refractivity contribution in [1.82, 2.24) is 20.3 Å². The summed E-state index contributed by atoms with van der Waals surface area (Å²) in [6.45, 7) is 8.79. The molecule has 19 heavy (non-hydrogen) atoms. The Hall–Kier alpha value is -0.900. The minimum atomic E-state index is 0.611. The zero-order valence-corrected chi connectivity index (χ0v) is 12.4. The van der Waals surface area contributed by atoms with Crippen molar-refractivity contribution in [2.45, 2.75) is 59.0 Å². The van der Waals surface area contributed by atoms with Gasteiger partial charge in [-0.2, -0.15) is 0 Å². The monoisotopic (exact) mass is 262 g/mol. The first-order valence-electron chi connectivity index (χ1n) is 7.85. The van der Waals surface area contributed by atoms with E-state index >= 15 is 0 Å². The molecule has 0 spiro atoms. The summed E-state index contributed by atoms with van der Waals surface area (Å²) in [7, 11) is 0. The van der Waals surface area contributed by atoms with Crippen molar-refractivity contribution in [2.75, 3.05) is 6.54 Å². The SMILES string of the molecule is CCn1nnc2c1CC[C@@H]1[C@H](CC2)[C@@H]1CNC(C)C. The van der Waals surface area contributed by atoms with Gasteiger partial charge >= 0.3 is 0 Å². The van der Waals surface area contributed by atoms with Gasteiger partial charge in [-0.05, 0) is 56.9 Å². The molecule has 0 aromatic carbocycles. The van der Waals surface area contributed by atoms with Crippen LogP contribution in [0, 0.1) is 17.8 Å². The molecule has 1 fully saturated rings. The quantitative estimate of drug-likeness (QED) is 0.903. The van der Waals surface area contributed by atoms with Crippen LogP contribution in [0.3, 0.4) is 0 Å². The summed E-state index contributed by atoms with van der Waals surface area (Å²) in [4.78, 5) is 0. The van der Waals surface area contributed by atoms with Crippen molar-refractivity contribution in [2.24, 2.45) is 17.8 Å². The molecule has 0 saturated heterocycles. The Bertz CT molecular complexity index is 437. The zero-order chi connectivity index (χ0) is 13.4. The number of hydrogen-bond donors (Lipinski definition) is 1. The van der Waals surface area contributed by atoms with Gasteiger partial charge in [0.2, 0.25) is 0 Å². The van der Waals surface area contributed by atoms with Gasteiger partial charge in [-0.3, -0.25) is 0 Å². The number of hydrogen-bond acceptors (Lipinski definition) is 3. The van der Waals surface area contributed by atoms with E-state index < -0.39 is 0 Å². The van der Waals surface area contributed by atoms with Crippen LogP contribution in [0.2, 0.25) is 0 Å². The molecule has 0 amide bonds. The van der Waals surface area contributed by atoms with E-state index in [2.05, 4.69) is 41.1 Å². The highest BCUT2D eigenvalue weighted by Crippen LogP contribution is 2.52. The number of fused-ring (bicyclic) bond motifs is 2. The number of aromatic nitrogens is 3. The minimum Gasteiger partial charge on any atom is -0.314 e. The van der Waals surface area contributed by atoms with Crippen LogP contribution in [0.1, 0.15) is 45.0 Å². The summed E-state index contributed by atoms with van der Waals surface area (Å²) in [6, 6.07) is 0.611. The molecular formula is C15H26N4. The van der Waals surface area contributed by atoms with Crippen LogP contribution in [0.15, 0.2) is 0 Å². The van der Waals surface area contributed by atoms with Crippen molar-refractivity contribution in [3.63, 3.8) is 0 Å². The molecule has 2 aliphatic rings. The maximum absolute atomic E-state index is 4.38. The molecule has 1 saturated carbocycles. The third-order valence-electron chi connectivity index (χ3n) is 4.92. The molecule has 1 aromatic heterocycles. The average Bonchev–Trinajstić information content (AvgIpc) is 2.87. The Morgan fingerprint density at radius 2 is 2.00 bits per heavy atom. The van der Waals surface area contributed by atoms with Crippen molar-refractivity contribution in [3.8, 4) is 0 Å². The summed E-state index contributed by atoms with van der Waals surface area (Å²) < 4.78 is 2.10. The fraction of sp³-hybridized carbons (Fsp3) is 0.867. The topological polar surface area (TPSA) is 42.7 Å². The molecule has 3 rings (SSSR count). The van der Waals surface area contributed by atoms with E-state index in [4.69, 9.17) is 0 Å². The Kier molecular flexibility index (Phi) is 3.61. The Balaban J connectivity index is 1.63. The zero-order valence-electron chi connectivity index (χ0n) is 12.4. The summed E-state index contributed by atoms with van der Waals surface area (Å²) in [5, 5.41) is 12.3. The number of rotatable bonds is 4. The summed E-state index contributed by atoms with van der Waals surface area (Å²) in [6.07, 6.45) is 4.95. The Morgan fingerprint density at radius 3 is 2.68 bits per heavy atom. The van der Waals surface area contributed by atoms with Gasteiger partial charge in [0.15, 0.2) is 0 Å². The third-order valence-corrected chi connectivity index (χ3v) is 4.92. The lowest BCUT2D eigenvalue weighted by Gasteiger charge is -2.09. The predicted octanol–water partition coefficient (Wildman–Crippen LogP) is 2.04. The van der Waals surface area contributed by atoms with E-state index in [1.54, 1.807) is 0 Å². The van der Waals surface area contributed by atoms with Gasteiger partial charge in [-0.1, -0.05) is 19.1 Å². The highest BCUT2D eigenvalue weighted by Gasteiger charge is 2.49. The predicted molar refractivity (Wildman–Crippen MR) is 75.9 cm³/mol. The fourth-order valence-electron chi connectivity index (χ4n) is 3.75. The van der Waals surface area contributed by atoms with Gasteiger partial charge in [0.05, 0.1) is 11.4 Å². The van der Waals surface area contributed by atoms with Gasteiger partial charge in [-0.25, -0.2) is 4.68 Å². The first kappa shape index (κ1) is 13.1. The van der Waals surface area contributed by atoms with Gasteiger partial charge < -0.3 is 5.32 Å². The lowest BCUT2D eigenvalue weighted by molar-refractivity contribution is 0.520. The summed E-state index contributed by atoms with van der Waals surface area (Å²) in [5.41, 5.74) is 2.67. The lowest BCUT2D eigenvalue weighted by atomic mass is 10.0. The van der Waals surface area contributed by atoms with E-state index in [0.717, 1.165) is 30.7 Å². The van der Waals surface area contributed by atoms with Crippen molar-refractivity contribution in [3.05, 3.63) is 11.4 Å². The average molecular weight is 262 g/mol. The van der Waals surface area contributed by atoms with Gasteiger partial charge in [0.25, 0.3) is 0 Å². The van der Waals surface area contributed by atoms with E-state index in [-0.39, 0.29) is 0 Å². The molecule has 1 aromatic rings. The maximum atomic E-state index is 4.38. The molecule has 4 nitrogen and oxygen atoms in total. The largest absolute Gasteiger partial charge is 0.314 e. The molecule has 1 N–H and O–H groups in total. The Morgan fingerprint density at radius 1 is 1.26 bits per heavy atom. The standard InChI is InChI=1S/C15H26N4/c1-4-19-15-8-6-12-11(5-7-14(15)17-18-19)13(12)9-16-10(2)3/h10-13,16H,4-9H2,1-3H3/t11-,12+,13-/m0/s1. The smallest absolute Gasteiger partial charge is 0.0859 e. The van der Waals surface area contributed by atoms with Crippen LogP contribution in [-0.4, -0.2) is 27.6 Å². The van der Waals surface area contributed by atoms with Crippen LogP contribution < -0.4 is 5.32 Å². The first-order valence-corrected chi connectivity index (χ1v) is 7.85. The molecule has 106 valence electrons. The lowest BCUT2D eigenvalue weighted by Crippen LogP contribution is -2.25. The molecular weight excluding hydrogens is 236 g/mol. The van der Waals surface area contributed by atoms with Gasteiger partial charge in [0.1, 0.15) is 0 Å². The van der Waals surface area contributed by atoms with Crippen LogP contribution in [-0.2, 0) is 19.4 Å². The molecule has 0 radical (unpaired) electrons. The third kappa shape index (κ3) is 2.55. The van der Waals surface area contributed by atoms with Gasteiger partial charge in [0, 0.05) is 12.6 Å². The fourth-order valence-corrected chi connectivity index (χ4v) is 3.75. The molecule has 3 atom stereocenters. The number of aryl methyl sites for hydroxylation is 2. The highest BCUT2D eigenvalue weighted by molar-refractivity contribution is 5.15. The maximum Gasteiger partial charge on any atom is 0.0859 e. The Labute approximate surface area is 116 Å². The first-order chi connectivity index (χ1) is 9.20. The van der Waals surface area contributed by atoms with E-state index in [9.17, 15) is 0 Å². The van der Waals surface area contributed by atoms with Gasteiger partial charge in [-0.15, -0.1) is 5.10 Å². The number of nitrogens with zero attached hydrogens (tertiary/aromatic N) is 3. The van der Waals surface area contributed by atoms with Crippen molar-refractivity contribution < 1.29 is 0 Å². The van der Waals surface area contributed by atoms with E-state index in [1.807, 2.05) is 0 Å². The van der Waals surface area contributed by atoms with Crippen LogP contribution in [0.5, 0.6) is 0 Å². The van der Waals surface area contributed by atoms with Crippen LogP contribution in [0.25, 0.3) is 0 Å². The molecule has 0 bridgehead atoms. The molecule has 1 heterocycles. The second kappa shape index (κ2) is 5.23. The van der Waals surface area contributed by atoms with Crippen LogP contribution in [0.4, 0.5) is 0 Å². The van der Waals surface area contributed by atoms with Crippen molar-refractivity contribution >= 4 is 0 Å². The van der Waals surface area contributed by atoms with Crippen molar-refractivity contribution in [1.29, 1.82) is 0 Å². The van der Waals surface area contributed by atoms with Crippen LogP contribution >= 0.6 is 0 Å².